The van der Waals surface area contributed by atoms with Crippen LogP contribution in [-0.4, -0.2) is 26.3 Å². The van der Waals surface area contributed by atoms with Gasteiger partial charge in [-0.2, -0.15) is 0 Å². The lowest BCUT2D eigenvalue weighted by molar-refractivity contribution is -0.119. The highest BCUT2D eigenvalue weighted by molar-refractivity contribution is 8.15. The van der Waals surface area contributed by atoms with Gasteiger partial charge in [0.15, 0.2) is 11.5 Å². The Labute approximate surface area is 122 Å². The Morgan fingerprint density at radius 1 is 1.14 bits per heavy atom. The third-order valence-electron chi connectivity index (χ3n) is 2.87. The third kappa shape index (κ3) is 2.38. The number of nitrogens with zero attached hydrogens (tertiary/aromatic N) is 2. The maximum Gasteiger partial charge on any atom is 0.286 e. The molecule has 21 heavy (non-hydrogen) atoms. The molecule has 0 aliphatic carbocycles. The number of nitrogens with two attached hydrogens (primary N) is 1. The van der Waals surface area contributed by atoms with Crippen LogP contribution in [0.5, 0.6) is 0 Å². The number of anilines is 1. The Kier molecular flexibility index (Phi) is 3.18. The molecule has 3 rings (SSSR count). The monoisotopic (exact) mass is 303 g/mol. The van der Waals surface area contributed by atoms with E-state index in [2.05, 4.69) is 20.5 Å². The Hall–Kier alpha value is -2.68. The average molecular weight is 303 g/mol. The maximum absolute atomic E-state index is 12.1. The SMILES string of the molecule is Nc1ccccc1-c1nnc([C@H]2SC(=O)NC2=O)c(=O)[nH]1. The van der Waals surface area contributed by atoms with Crippen LogP contribution >= 0.6 is 11.8 Å². The van der Waals surface area contributed by atoms with Crippen LogP contribution in [-0.2, 0) is 4.79 Å². The number of imide groups is 1. The van der Waals surface area contributed by atoms with E-state index >= 15 is 0 Å². The van der Waals surface area contributed by atoms with Crippen LogP contribution in [0.3, 0.4) is 0 Å². The number of hydrogen-bond acceptors (Lipinski definition) is 7. The molecule has 1 aliphatic rings. The number of nitrogen functional groups attached to an aromatic ring is 1. The van der Waals surface area contributed by atoms with Gasteiger partial charge in [0.05, 0.1) is 0 Å². The topological polar surface area (TPSA) is 131 Å². The summed E-state index contributed by atoms with van der Waals surface area (Å²) in [5.74, 6) is -0.367. The summed E-state index contributed by atoms with van der Waals surface area (Å²) in [5.41, 5.74) is 6.09. The highest BCUT2D eigenvalue weighted by Crippen LogP contribution is 2.31. The van der Waals surface area contributed by atoms with Gasteiger partial charge in [0.2, 0.25) is 5.91 Å². The van der Waals surface area contributed by atoms with Crippen LogP contribution in [0, 0.1) is 0 Å². The number of H-pyrrole nitrogens is 1. The molecular weight excluding hydrogens is 294 g/mol. The standard InChI is InChI=1S/C12H9N5O3S/c13-6-4-2-1-3-5(6)9-14-10(18)7(16-17-9)8-11(19)15-12(20)21-8/h1-4,8H,13H2,(H,14,17,18)(H,15,19,20)/t8-/m1/s1. The van der Waals surface area contributed by atoms with Crippen molar-refractivity contribution in [2.24, 2.45) is 0 Å². The zero-order chi connectivity index (χ0) is 15.0. The van der Waals surface area contributed by atoms with E-state index in [0.717, 1.165) is 0 Å². The number of aromatic nitrogens is 3. The van der Waals surface area contributed by atoms with Crippen molar-refractivity contribution in [1.82, 2.24) is 20.5 Å². The van der Waals surface area contributed by atoms with Crippen LogP contribution in [0.1, 0.15) is 10.9 Å². The molecule has 0 saturated carbocycles. The summed E-state index contributed by atoms with van der Waals surface area (Å²) in [6.45, 7) is 0. The molecule has 2 heterocycles. The second kappa shape index (κ2) is 5.02. The first-order valence-electron chi connectivity index (χ1n) is 5.89. The van der Waals surface area contributed by atoms with Crippen molar-refractivity contribution in [3.8, 4) is 11.4 Å². The summed E-state index contributed by atoms with van der Waals surface area (Å²) in [6.07, 6.45) is 0. The molecule has 0 unspecified atom stereocenters. The number of nitrogens with one attached hydrogen (secondary N) is 2. The molecule has 4 N–H and O–H groups in total. The average Bonchev–Trinajstić information content (AvgIpc) is 2.78. The van der Waals surface area contributed by atoms with E-state index in [1.54, 1.807) is 24.3 Å². The largest absolute Gasteiger partial charge is 0.398 e. The molecule has 2 aromatic rings. The predicted octanol–water partition coefficient (Wildman–Crippen LogP) is 0.438. The van der Waals surface area contributed by atoms with Crippen LogP contribution in [0.4, 0.5) is 10.5 Å². The molecule has 1 fully saturated rings. The van der Waals surface area contributed by atoms with Gasteiger partial charge in [0.25, 0.3) is 10.8 Å². The molecule has 2 amide bonds. The van der Waals surface area contributed by atoms with Gasteiger partial charge in [-0.25, -0.2) is 0 Å². The van der Waals surface area contributed by atoms with E-state index < -0.39 is 22.0 Å². The van der Waals surface area contributed by atoms with Crippen molar-refractivity contribution in [3.63, 3.8) is 0 Å². The van der Waals surface area contributed by atoms with Crippen molar-refractivity contribution in [2.75, 3.05) is 5.73 Å². The van der Waals surface area contributed by atoms with Gasteiger partial charge < -0.3 is 10.7 Å². The van der Waals surface area contributed by atoms with Crippen molar-refractivity contribution in [2.45, 2.75) is 5.25 Å². The number of thioether (sulfide) groups is 1. The Balaban J connectivity index is 2.02. The number of hydrogen-bond donors (Lipinski definition) is 3. The molecule has 0 spiro atoms. The first-order valence-corrected chi connectivity index (χ1v) is 6.77. The summed E-state index contributed by atoms with van der Waals surface area (Å²) < 4.78 is 0. The lowest BCUT2D eigenvalue weighted by Gasteiger charge is -2.06. The van der Waals surface area contributed by atoms with Gasteiger partial charge in [-0.05, 0) is 23.9 Å². The molecule has 1 aromatic heterocycles. The number of carbonyl (C=O) groups is 2. The first kappa shape index (κ1) is 13.3. The minimum Gasteiger partial charge on any atom is -0.398 e. The van der Waals surface area contributed by atoms with E-state index in [9.17, 15) is 14.4 Å². The fourth-order valence-corrected chi connectivity index (χ4v) is 2.69. The lowest BCUT2D eigenvalue weighted by Crippen LogP contribution is -2.26. The molecule has 0 radical (unpaired) electrons. The quantitative estimate of drug-likeness (QED) is 0.686. The van der Waals surface area contributed by atoms with E-state index in [1.807, 2.05) is 0 Å². The van der Waals surface area contributed by atoms with Crippen LogP contribution < -0.4 is 16.6 Å². The van der Waals surface area contributed by atoms with E-state index in [0.29, 0.717) is 23.0 Å². The molecule has 1 saturated heterocycles. The number of amides is 2. The number of rotatable bonds is 2. The second-order valence-electron chi connectivity index (χ2n) is 4.25. The molecule has 1 aromatic carbocycles. The van der Waals surface area contributed by atoms with Crippen molar-refractivity contribution in [3.05, 3.63) is 40.3 Å². The number of carbonyl (C=O) groups excluding carboxylic acids is 2. The van der Waals surface area contributed by atoms with Gasteiger partial charge >= 0.3 is 0 Å². The van der Waals surface area contributed by atoms with E-state index in [4.69, 9.17) is 5.73 Å². The highest BCUT2D eigenvalue weighted by Gasteiger charge is 2.36. The molecule has 8 nitrogen and oxygen atoms in total. The summed E-state index contributed by atoms with van der Waals surface area (Å²) in [7, 11) is 0. The van der Waals surface area contributed by atoms with Crippen LogP contribution in [0.15, 0.2) is 29.1 Å². The zero-order valence-electron chi connectivity index (χ0n) is 10.5. The zero-order valence-corrected chi connectivity index (χ0v) is 11.3. The molecule has 106 valence electrons. The Morgan fingerprint density at radius 2 is 1.90 bits per heavy atom. The number of benzene rings is 1. The van der Waals surface area contributed by atoms with Gasteiger partial charge in [0.1, 0.15) is 5.25 Å². The van der Waals surface area contributed by atoms with Gasteiger partial charge in [0, 0.05) is 11.3 Å². The normalized spacial score (nSPS) is 17.8. The van der Waals surface area contributed by atoms with Gasteiger partial charge in [-0.15, -0.1) is 10.2 Å². The maximum atomic E-state index is 12.1. The lowest BCUT2D eigenvalue weighted by atomic mass is 10.2. The second-order valence-corrected chi connectivity index (χ2v) is 5.33. The molecule has 9 heteroatoms. The fraction of sp³-hybridized carbons (Fsp3) is 0.0833. The smallest absolute Gasteiger partial charge is 0.286 e. The van der Waals surface area contributed by atoms with Gasteiger partial charge in [-0.1, -0.05) is 12.1 Å². The van der Waals surface area contributed by atoms with Crippen molar-refractivity contribution in [1.29, 1.82) is 0 Å². The Bertz CT molecular complexity index is 803. The van der Waals surface area contributed by atoms with Gasteiger partial charge in [-0.3, -0.25) is 19.7 Å². The first-order chi connectivity index (χ1) is 10.1. The minimum absolute atomic E-state index is 0.110. The minimum atomic E-state index is -0.976. The van der Waals surface area contributed by atoms with Crippen LogP contribution in [0.25, 0.3) is 11.4 Å². The molecule has 1 aliphatic heterocycles. The summed E-state index contributed by atoms with van der Waals surface area (Å²) in [4.78, 5) is 37.3. The predicted molar refractivity (Wildman–Crippen MR) is 76.4 cm³/mol. The summed E-state index contributed by atoms with van der Waals surface area (Å²) in [5, 5.41) is 8.27. The third-order valence-corrected chi connectivity index (χ3v) is 3.86. The number of aromatic amines is 1. The fourth-order valence-electron chi connectivity index (χ4n) is 1.89. The van der Waals surface area contributed by atoms with E-state index in [1.165, 1.54) is 0 Å². The van der Waals surface area contributed by atoms with Crippen LogP contribution in [0.2, 0.25) is 0 Å². The Morgan fingerprint density at radius 3 is 2.52 bits per heavy atom. The molecular formula is C12H9N5O3S. The van der Waals surface area contributed by atoms with E-state index in [-0.39, 0.29) is 11.5 Å². The summed E-state index contributed by atoms with van der Waals surface area (Å²) >= 11 is 0.699. The number of para-hydroxylation sites is 1. The summed E-state index contributed by atoms with van der Waals surface area (Å²) in [6, 6.07) is 6.86. The molecule has 0 bridgehead atoms. The highest BCUT2D eigenvalue weighted by atomic mass is 32.2. The molecule has 1 atom stereocenters. The van der Waals surface area contributed by atoms with Crippen molar-refractivity contribution >= 4 is 28.6 Å². The van der Waals surface area contributed by atoms with Crippen molar-refractivity contribution < 1.29 is 9.59 Å².